The molecular weight excluding hydrogens is 546 g/mol. The molecule has 0 aliphatic heterocycles. The van der Waals surface area contributed by atoms with Crippen LogP contribution in [0.1, 0.15) is 16.8 Å². The highest BCUT2D eigenvalue weighted by Crippen LogP contribution is 2.34. The van der Waals surface area contributed by atoms with Crippen molar-refractivity contribution < 1.29 is 50.5 Å². The van der Waals surface area contributed by atoms with Crippen LogP contribution in [0.15, 0.2) is 72.9 Å². The number of aryl methyl sites for hydroxylation is 1. The van der Waals surface area contributed by atoms with Gasteiger partial charge in [-0.2, -0.15) is 13.2 Å². The summed E-state index contributed by atoms with van der Waals surface area (Å²) in [6, 6.07) is 14.0. The zero-order chi connectivity index (χ0) is 29.1. The first kappa shape index (κ1) is 28.3. The number of hydrogen-bond acceptors (Lipinski definition) is 5. The van der Waals surface area contributed by atoms with Crippen LogP contribution in [-0.2, 0) is 17.6 Å². The molecule has 0 saturated heterocycles. The van der Waals surface area contributed by atoms with Gasteiger partial charge in [0, 0.05) is 17.8 Å². The summed E-state index contributed by atoms with van der Waals surface area (Å²) in [7, 11) is 0. The Morgan fingerprint density at radius 2 is 1.68 bits per heavy atom. The van der Waals surface area contributed by atoms with Gasteiger partial charge < -0.3 is 19.3 Å². The summed E-state index contributed by atoms with van der Waals surface area (Å²) in [5, 5.41) is 8.77. The van der Waals surface area contributed by atoms with Crippen molar-refractivity contribution in [3.8, 4) is 34.3 Å². The third-order valence-electron chi connectivity index (χ3n) is 5.42. The maximum atomic E-state index is 13.4. The van der Waals surface area contributed by atoms with E-state index in [1.165, 1.54) is 47.2 Å². The number of aromatic nitrogens is 2. The van der Waals surface area contributed by atoms with Crippen LogP contribution in [0.3, 0.4) is 0 Å². The summed E-state index contributed by atoms with van der Waals surface area (Å²) in [5.41, 5.74) is 0.156. The molecule has 7 nitrogen and oxygen atoms in total. The van der Waals surface area contributed by atoms with E-state index in [9.17, 15) is 31.1 Å². The van der Waals surface area contributed by atoms with Gasteiger partial charge in [0.1, 0.15) is 29.7 Å². The number of benzene rings is 3. The number of nitrogens with zero attached hydrogens (tertiary/aromatic N) is 2. The number of carboxylic acids is 1. The molecule has 3 aromatic carbocycles. The van der Waals surface area contributed by atoms with Gasteiger partial charge in [-0.05, 0) is 55.0 Å². The Labute approximate surface area is 223 Å². The topological polar surface area (TPSA) is 82.8 Å². The van der Waals surface area contributed by atoms with Gasteiger partial charge in [0.2, 0.25) is 0 Å². The SMILES string of the molecule is Cc1cc(OCc2cn(-c3cccc(OC(F)(F)F)c3)c(-c3cccc(C(F)(F)F)c3)n2)ccc1OCC(=O)O. The summed E-state index contributed by atoms with van der Waals surface area (Å²) < 4.78 is 94.7. The molecule has 210 valence electrons. The minimum atomic E-state index is -4.94. The Hall–Kier alpha value is -4.68. The van der Waals surface area contributed by atoms with Gasteiger partial charge in [-0.1, -0.05) is 18.2 Å². The van der Waals surface area contributed by atoms with Gasteiger partial charge in [-0.15, -0.1) is 13.2 Å². The number of hydrogen-bond donors (Lipinski definition) is 1. The van der Waals surface area contributed by atoms with Crippen LogP contribution in [0.2, 0.25) is 0 Å². The lowest BCUT2D eigenvalue weighted by Gasteiger charge is -2.13. The standard InChI is InChI=1S/C27H20F6N2O5/c1-16-10-21(8-9-23(16)39-15-24(36)37)38-14-19-13-35(20-6-3-7-22(12-20)40-27(31,32)33)25(34-19)17-4-2-5-18(11-17)26(28,29)30/h2-13H,14-15H2,1H3,(H,36,37). The van der Waals surface area contributed by atoms with E-state index in [4.69, 9.17) is 14.6 Å². The van der Waals surface area contributed by atoms with E-state index in [1.807, 2.05) is 0 Å². The van der Waals surface area contributed by atoms with Crippen LogP contribution in [0.5, 0.6) is 17.2 Å². The smallest absolute Gasteiger partial charge is 0.487 e. The zero-order valence-corrected chi connectivity index (χ0v) is 20.6. The van der Waals surface area contributed by atoms with Crippen LogP contribution in [0.25, 0.3) is 17.1 Å². The molecule has 0 amide bonds. The highest BCUT2D eigenvalue weighted by atomic mass is 19.4. The van der Waals surface area contributed by atoms with E-state index in [1.54, 1.807) is 13.0 Å². The van der Waals surface area contributed by atoms with Gasteiger partial charge in [-0.3, -0.25) is 4.57 Å². The first-order valence-corrected chi connectivity index (χ1v) is 11.5. The molecular formula is C27H20F6N2O5. The molecule has 13 heteroatoms. The number of halogens is 6. The number of carboxylic acid groups (broad SMARTS) is 1. The number of imidazole rings is 1. The monoisotopic (exact) mass is 566 g/mol. The average molecular weight is 566 g/mol. The van der Waals surface area contributed by atoms with Crippen molar-refractivity contribution in [1.82, 2.24) is 9.55 Å². The van der Waals surface area contributed by atoms with E-state index in [2.05, 4.69) is 9.72 Å². The lowest BCUT2D eigenvalue weighted by molar-refractivity contribution is -0.274. The van der Waals surface area contributed by atoms with Crippen LogP contribution >= 0.6 is 0 Å². The lowest BCUT2D eigenvalue weighted by Crippen LogP contribution is -2.17. The average Bonchev–Trinajstić information content (AvgIpc) is 3.30. The van der Waals surface area contributed by atoms with Crippen LogP contribution in [0.4, 0.5) is 26.3 Å². The molecule has 1 heterocycles. The molecule has 0 radical (unpaired) electrons. The summed E-state index contributed by atoms with van der Waals surface area (Å²) in [6.45, 7) is 1.01. The fourth-order valence-corrected chi connectivity index (χ4v) is 3.73. The Balaban J connectivity index is 1.67. The van der Waals surface area contributed by atoms with Crippen LogP contribution in [0, 0.1) is 6.92 Å². The van der Waals surface area contributed by atoms with E-state index in [0.29, 0.717) is 17.1 Å². The third kappa shape index (κ3) is 7.24. The molecule has 40 heavy (non-hydrogen) atoms. The first-order chi connectivity index (χ1) is 18.8. The van der Waals surface area contributed by atoms with Gasteiger partial charge in [-0.25, -0.2) is 9.78 Å². The minimum absolute atomic E-state index is 0.0301. The molecule has 0 aliphatic rings. The number of alkyl halides is 6. The molecule has 4 rings (SSSR count). The van der Waals surface area contributed by atoms with Crippen molar-refractivity contribution in [3.63, 3.8) is 0 Å². The summed E-state index contributed by atoms with van der Waals surface area (Å²) in [4.78, 5) is 15.1. The maximum absolute atomic E-state index is 13.4. The van der Waals surface area contributed by atoms with Gasteiger partial charge in [0.25, 0.3) is 0 Å². The summed E-state index contributed by atoms with van der Waals surface area (Å²) in [6.07, 6.45) is -8.14. The van der Waals surface area contributed by atoms with Crippen molar-refractivity contribution >= 4 is 5.97 Å². The number of ether oxygens (including phenoxy) is 3. The molecule has 1 N–H and O–H groups in total. The Morgan fingerprint density at radius 1 is 0.925 bits per heavy atom. The number of rotatable bonds is 9. The van der Waals surface area contributed by atoms with Gasteiger partial charge >= 0.3 is 18.5 Å². The highest BCUT2D eigenvalue weighted by molar-refractivity contribution is 5.68. The second kappa shape index (κ2) is 11.2. The predicted molar refractivity (Wildman–Crippen MR) is 129 cm³/mol. The van der Waals surface area contributed by atoms with E-state index in [-0.39, 0.29) is 29.4 Å². The van der Waals surface area contributed by atoms with Crippen molar-refractivity contribution in [1.29, 1.82) is 0 Å². The fraction of sp³-hybridized carbons (Fsp3) is 0.185. The molecule has 1 aromatic heterocycles. The maximum Gasteiger partial charge on any atom is 0.573 e. The lowest BCUT2D eigenvalue weighted by atomic mass is 10.1. The molecule has 0 aliphatic carbocycles. The van der Waals surface area contributed by atoms with Gasteiger partial charge in [0.15, 0.2) is 6.61 Å². The quantitative estimate of drug-likeness (QED) is 0.224. The normalized spacial score (nSPS) is 11.8. The van der Waals surface area contributed by atoms with E-state index in [0.717, 1.165) is 24.3 Å². The molecule has 0 unspecified atom stereocenters. The zero-order valence-electron chi connectivity index (χ0n) is 20.6. The minimum Gasteiger partial charge on any atom is -0.487 e. The Bertz CT molecular complexity index is 1510. The van der Waals surface area contributed by atoms with Crippen molar-refractivity contribution in [2.24, 2.45) is 0 Å². The molecule has 0 atom stereocenters. The van der Waals surface area contributed by atoms with E-state index >= 15 is 0 Å². The van der Waals surface area contributed by atoms with Crippen molar-refractivity contribution in [2.75, 3.05) is 6.61 Å². The Morgan fingerprint density at radius 3 is 2.35 bits per heavy atom. The van der Waals surface area contributed by atoms with E-state index < -0.39 is 36.4 Å². The fourth-order valence-electron chi connectivity index (χ4n) is 3.73. The number of carbonyl (C=O) groups is 1. The second-order valence-corrected chi connectivity index (χ2v) is 8.45. The number of aliphatic carboxylic acids is 1. The molecule has 4 aromatic rings. The molecule has 0 fully saturated rings. The molecule has 0 saturated carbocycles. The van der Waals surface area contributed by atoms with Crippen LogP contribution in [-0.4, -0.2) is 33.6 Å². The second-order valence-electron chi connectivity index (χ2n) is 8.45. The largest absolute Gasteiger partial charge is 0.573 e. The van der Waals surface area contributed by atoms with Crippen molar-refractivity contribution in [3.05, 3.63) is 89.7 Å². The summed E-state index contributed by atoms with van der Waals surface area (Å²) in [5.74, 6) is -0.917. The Kier molecular flexibility index (Phi) is 7.93. The van der Waals surface area contributed by atoms with Crippen LogP contribution < -0.4 is 14.2 Å². The molecule has 0 spiro atoms. The molecule has 0 bridgehead atoms. The van der Waals surface area contributed by atoms with Gasteiger partial charge in [0.05, 0.1) is 16.9 Å². The first-order valence-electron chi connectivity index (χ1n) is 11.5. The predicted octanol–water partition coefficient (Wildman–Crippen LogP) is 6.81. The summed E-state index contributed by atoms with van der Waals surface area (Å²) >= 11 is 0. The highest BCUT2D eigenvalue weighted by Gasteiger charge is 2.32. The third-order valence-corrected chi connectivity index (χ3v) is 5.42. The van der Waals surface area contributed by atoms with Crippen molar-refractivity contribution in [2.45, 2.75) is 26.1 Å².